The fraction of sp³-hybridized carbons (Fsp3) is 0.964. The van der Waals surface area contributed by atoms with Crippen LogP contribution >= 0.6 is 0 Å². The van der Waals surface area contributed by atoms with Crippen LogP contribution in [0, 0.1) is 0 Å². The zero-order chi connectivity index (χ0) is 22.7. The van der Waals surface area contributed by atoms with Crippen molar-refractivity contribution in [3.8, 4) is 0 Å². The fourth-order valence-electron chi connectivity index (χ4n) is 4.37. The van der Waals surface area contributed by atoms with Crippen LogP contribution < -0.4 is 0 Å². The topological polar surface area (TPSA) is 46.5 Å². The minimum Gasteiger partial charge on any atom is -0.469 e. The van der Waals surface area contributed by atoms with Crippen LogP contribution in [0.4, 0.5) is 0 Å². The Morgan fingerprint density at radius 1 is 0.452 bits per heavy atom. The van der Waals surface area contributed by atoms with Gasteiger partial charge in [-0.05, 0) is 12.8 Å². The summed E-state index contributed by atoms with van der Waals surface area (Å²) >= 11 is 0. The lowest BCUT2D eigenvalue weighted by molar-refractivity contribution is -0.140. The molecule has 31 heavy (non-hydrogen) atoms. The van der Waals surface area contributed by atoms with Crippen molar-refractivity contribution in [2.45, 2.75) is 161 Å². The van der Waals surface area contributed by atoms with Crippen molar-refractivity contribution in [1.29, 1.82) is 0 Å². The molecule has 0 saturated carbocycles. The van der Waals surface area contributed by atoms with E-state index in [1.165, 1.54) is 148 Å². The Labute approximate surface area is 195 Å². The summed E-state index contributed by atoms with van der Waals surface area (Å²) in [6, 6.07) is 0. The number of esters is 1. The number of unbranched alkanes of at least 4 members (excludes halogenated alkanes) is 23. The molecule has 0 fully saturated rings. The van der Waals surface area contributed by atoms with Crippen LogP contribution in [-0.2, 0) is 9.53 Å². The lowest BCUT2D eigenvalue weighted by Gasteiger charge is -2.04. The number of methoxy groups -OCH3 is 1. The van der Waals surface area contributed by atoms with Gasteiger partial charge in [-0.3, -0.25) is 4.79 Å². The summed E-state index contributed by atoms with van der Waals surface area (Å²) in [5.41, 5.74) is 0. The maximum atomic E-state index is 11.0. The van der Waals surface area contributed by atoms with E-state index in [2.05, 4.69) is 4.74 Å². The molecule has 0 atom stereocenters. The van der Waals surface area contributed by atoms with E-state index in [0.29, 0.717) is 13.0 Å². The third-order valence-corrected chi connectivity index (χ3v) is 6.52. The maximum absolute atomic E-state index is 11.0. The number of carbonyl (C=O) groups excluding carboxylic acids is 1. The molecule has 1 N–H and O–H groups in total. The molecule has 0 heterocycles. The molecule has 0 aliphatic rings. The molecule has 0 bridgehead atoms. The largest absolute Gasteiger partial charge is 0.469 e. The van der Waals surface area contributed by atoms with Gasteiger partial charge in [0.05, 0.1) is 7.11 Å². The Balaban J connectivity index is 3.01. The van der Waals surface area contributed by atoms with Crippen molar-refractivity contribution in [2.75, 3.05) is 13.7 Å². The van der Waals surface area contributed by atoms with Gasteiger partial charge in [-0.15, -0.1) is 0 Å². The van der Waals surface area contributed by atoms with Gasteiger partial charge in [0.15, 0.2) is 0 Å². The van der Waals surface area contributed by atoms with E-state index in [0.717, 1.165) is 12.8 Å². The van der Waals surface area contributed by atoms with E-state index in [1.807, 2.05) is 0 Å². The average molecular weight is 441 g/mol. The van der Waals surface area contributed by atoms with Gasteiger partial charge >= 0.3 is 5.97 Å². The Bertz CT molecular complexity index is 343. The first-order valence-corrected chi connectivity index (χ1v) is 14.0. The molecule has 0 radical (unpaired) electrons. The Hall–Kier alpha value is -0.570. The first-order chi connectivity index (χ1) is 15.3. The smallest absolute Gasteiger partial charge is 0.305 e. The average Bonchev–Trinajstić information content (AvgIpc) is 2.78. The van der Waals surface area contributed by atoms with Gasteiger partial charge in [0.25, 0.3) is 0 Å². The van der Waals surface area contributed by atoms with Crippen LogP contribution in [0.15, 0.2) is 0 Å². The molecule has 0 aromatic carbocycles. The first-order valence-electron chi connectivity index (χ1n) is 14.0. The first kappa shape index (κ1) is 30.4. The zero-order valence-corrected chi connectivity index (χ0v) is 21.1. The monoisotopic (exact) mass is 440 g/mol. The Kier molecular flexibility index (Phi) is 27.0. The Morgan fingerprint density at radius 3 is 0.903 bits per heavy atom. The van der Waals surface area contributed by atoms with E-state index in [-0.39, 0.29) is 5.97 Å². The SMILES string of the molecule is COC(=O)CCCCCCCCCCCCCCCCCCCCCCCCCCO. The molecule has 0 aromatic heterocycles. The number of hydrogen-bond donors (Lipinski definition) is 1. The number of aliphatic hydroxyl groups is 1. The van der Waals surface area contributed by atoms with Gasteiger partial charge in [-0.2, -0.15) is 0 Å². The van der Waals surface area contributed by atoms with Gasteiger partial charge in [-0.25, -0.2) is 0 Å². The van der Waals surface area contributed by atoms with E-state index >= 15 is 0 Å². The highest BCUT2D eigenvalue weighted by Gasteiger charge is 1.99. The van der Waals surface area contributed by atoms with Crippen molar-refractivity contribution in [2.24, 2.45) is 0 Å². The molecule has 0 spiro atoms. The second-order valence-corrected chi connectivity index (χ2v) is 9.54. The summed E-state index contributed by atoms with van der Waals surface area (Å²) in [4.78, 5) is 11.0. The molecular weight excluding hydrogens is 384 g/mol. The normalized spacial score (nSPS) is 11.2. The van der Waals surface area contributed by atoms with Crippen molar-refractivity contribution in [3.05, 3.63) is 0 Å². The second kappa shape index (κ2) is 27.5. The van der Waals surface area contributed by atoms with Gasteiger partial charge in [0, 0.05) is 13.0 Å². The summed E-state index contributed by atoms with van der Waals surface area (Å²) in [6.45, 7) is 0.365. The van der Waals surface area contributed by atoms with Crippen LogP contribution in [0.25, 0.3) is 0 Å². The van der Waals surface area contributed by atoms with Gasteiger partial charge < -0.3 is 9.84 Å². The third kappa shape index (κ3) is 27.4. The number of aliphatic hydroxyl groups excluding tert-OH is 1. The van der Waals surface area contributed by atoms with E-state index in [9.17, 15) is 4.79 Å². The number of ether oxygens (including phenoxy) is 1. The van der Waals surface area contributed by atoms with Crippen LogP contribution in [0.5, 0.6) is 0 Å². The maximum Gasteiger partial charge on any atom is 0.305 e. The quantitative estimate of drug-likeness (QED) is 0.108. The molecule has 0 aliphatic heterocycles. The summed E-state index contributed by atoms with van der Waals surface area (Å²) in [6.07, 6.45) is 33.0. The predicted octanol–water partition coefficient (Wildman–Crippen LogP) is 8.90. The lowest BCUT2D eigenvalue weighted by Crippen LogP contribution is -1.99. The van der Waals surface area contributed by atoms with Crippen molar-refractivity contribution >= 4 is 5.97 Å². The van der Waals surface area contributed by atoms with Gasteiger partial charge in [0.1, 0.15) is 0 Å². The minimum atomic E-state index is -0.0661. The lowest BCUT2D eigenvalue weighted by atomic mass is 10.0. The van der Waals surface area contributed by atoms with Crippen molar-refractivity contribution < 1.29 is 14.6 Å². The molecule has 0 aromatic rings. The highest BCUT2D eigenvalue weighted by molar-refractivity contribution is 5.68. The molecule has 3 nitrogen and oxygen atoms in total. The second-order valence-electron chi connectivity index (χ2n) is 9.54. The van der Waals surface area contributed by atoms with Crippen molar-refractivity contribution in [3.63, 3.8) is 0 Å². The predicted molar refractivity (Wildman–Crippen MR) is 135 cm³/mol. The zero-order valence-electron chi connectivity index (χ0n) is 21.1. The van der Waals surface area contributed by atoms with Crippen LogP contribution in [-0.4, -0.2) is 24.8 Å². The summed E-state index contributed by atoms with van der Waals surface area (Å²) < 4.78 is 4.66. The summed E-state index contributed by atoms with van der Waals surface area (Å²) in [7, 11) is 1.47. The minimum absolute atomic E-state index is 0.0661. The number of rotatable bonds is 26. The third-order valence-electron chi connectivity index (χ3n) is 6.52. The van der Waals surface area contributed by atoms with Crippen LogP contribution in [0.2, 0.25) is 0 Å². The number of hydrogen-bond acceptors (Lipinski definition) is 3. The highest BCUT2D eigenvalue weighted by atomic mass is 16.5. The van der Waals surface area contributed by atoms with E-state index < -0.39 is 0 Å². The van der Waals surface area contributed by atoms with E-state index in [1.54, 1.807) is 0 Å². The molecule has 0 amide bonds. The molecule has 186 valence electrons. The summed E-state index contributed by atoms with van der Waals surface area (Å²) in [5, 5.41) is 8.75. The van der Waals surface area contributed by atoms with Crippen LogP contribution in [0.3, 0.4) is 0 Å². The fourth-order valence-corrected chi connectivity index (χ4v) is 4.37. The highest BCUT2D eigenvalue weighted by Crippen LogP contribution is 2.15. The molecule has 3 heteroatoms. The standard InChI is InChI=1S/C28H56O3/c1-31-28(30)26-24-22-20-18-16-14-12-10-8-6-4-2-3-5-7-9-11-13-15-17-19-21-23-25-27-29/h29H,2-27H2,1H3. The van der Waals surface area contributed by atoms with Crippen molar-refractivity contribution in [1.82, 2.24) is 0 Å². The van der Waals surface area contributed by atoms with E-state index in [4.69, 9.17) is 5.11 Å². The van der Waals surface area contributed by atoms with Crippen LogP contribution in [0.1, 0.15) is 161 Å². The Morgan fingerprint density at radius 2 is 0.677 bits per heavy atom. The molecular formula is C28H56O3. The number of carbonyl (C=O) groups is 1. The summed E-state index contributed by atoms with van der Waals surface area (Å²) in [5.74, 6) is -0.0661. The molecule has 0 rings (SSSR count). The van der Waals surface area contributed by atoms with Gasteiger partial charge in [-0.1, -0.05) is 141 Å². The van der Waals surface area contributed by atoms with Gasteiger partial charge in [0.2, 0.25) is 0 Å². The molecule has 0 unspecified atom stereocenters. The molecule has 0 aliphatic carbocycles. The molecule has 0 saturated heterocycles.